The van der Waals surface area contributed by atoms with Crippen LogP contribution in [0.4, 0.5) is 5.82 Å². The Morgan fingerprint density at radius 2 is 2.05 bits per heavy atom. The van der Waals surface area contributed by atoms with Crippen molar-refractivity contribution in [3.63, 3.8) is 0 Å². The van der Waals surface area contributed by atoms with Gasteiger partial charge in [0, 0.05) is 36.2 Å². The molecule has 4 heteroatoms. The Labute approximate surface area is 120 Å². The molecule has 2 heterocycles. The van der Waals surface area contributed by atoms with Gasteiger partial charge >= 0.3 is 0 Å². The first-order valence-corrected chi connectivity index (χ1v) is 8.03. The summed E-state index contributed by atoms with van der Waals surface area (Å²) < 4.78 is 5.85. The second-order valence-corrected chi connectivity index (χ2v) is 6.57. The van der Waals surface area contributed by atoms with E-state index in [1.807, 2.05) is 0 Å². The van der Waals surface area contributed by atoms with E-state index in [2.05, 4.69) is 23.3 Å². The Bertz CT molecular complexity index is 500. The molecule has 1 N–H and O–H groups in total. The van der Waals surface area contributed by atoms with E-state index in [-0.39, 0.29) is 0 Å². The van der Waals surface area contributed by atoms with Crippen molar-refractivity contribution >= 4 is 5.82 Å². The molecule has 0 spiro atoms. The molecule has 3 fully saturated rings. The van der Waals surface area contributed by atoms with E-state index in [0.29, 0.717) is 24.0 Å². The fraction of sp³-hybridized carbons (Fsp3) is 0.750. The fourth-order valence-corrected chi connectivity index (χ4v) is 3.73. The molecule has 0 bridgehead atoms. The molecule has 108 valence electrons. The van der Waals surface area contributed by atoms with E-state index >= 15 is 0 Å². The van der Waals surface area contributed by atoms with Crippen LogP contribution in [-0.4, -0.2) is 28.7 Å². The van der Waals surface area contributed by atoms with E-state index in [1.54, 1.807) is 0 Å². The molecule has 1 aromatic rings. The Kier molecular flexibility index (Phi) is 3.14. The van der Waals surface area contributed by atoms with Crippen LogP contribution in [0.25, 0.3) is 0 Å². The van der Waals surface area contributed by atoms with Crippen molar-refractivity contribution < 1.29 is 4.74 Å². The summed E-state index contributed by atoms with van der Waals surface area (Å²) in [5.74, 6) is 3.35. The van der Waals surface area contributed by atoms with Gasteiger partial charge in [0.15, 0.2) is 0 Å². The zero-order valence-electron chi connectivity index (χ0n) is 12.1. The molecule has 0 radical (unpaired) electrons. The summed E-state index contributed by atoms with van der Waals surface area (Å²) in [6.07, 6.45) is 7.92. The third kappa shape index (κ3) is 2.41. The second kappa shape index (κ2) is 4.99. The predicted octanol–water partition coefficient (Wildman–Crippen LogP) is 3.03. The monoisotopic (exact) mass is 273 g/mol. The number of aryl methyl sites for hydroxylation is 1. The quantitative estimate of drug-likeness (QED) is 0.919. The van der Waals surface area contributed by atoms with Crippen LogP contribution in [0.15, 0.2) is 6.07 Å². The number of fused-ring (bicyclic) bond motifs is 1. The fourth-order valence-electron chi connectivity index (χ4n) is 3.73. The standard InChI is InChI=1S/C16H23N3O/c1-10-9-15(19-16(17-10)11-5-6-11)18-13-3-2-4-14-12(13)7-8-20-14/h9,11-14H,2-8H2,1H3,(H,17,18,19). The van der Waals surface area contributed by atoms with Gasteiger partial charge in [-0.05, 0) is 45.4 Å². The van der Waals surface area contributed by atoms with Crippen LogP contribution in [0, 0.1) is 12.8 Å². The van der Waals surface area contributed by atoms with Gasteiger partial charge in [-0.1, -0.05) is 0 Å². The minimum Gasteiger partial charge on any atom is -0.378 e. The van der Waals surface area contributed by atoms with Crippen molar-refractivity contribution in [3.8, 4) is 0 Å². The first-order chi connectivity index (χ1) is 9.79. The van der Waals surface area contributed by atoms with Crippen LogP contribution in [-0.2, 0) is 4.74 Å². The SMILES string of the molecule is Cc1cc(NC2CCCC3OCCC23)nc(C2CC2)n1. The maximum absolute atomic E-state index is 5.85. The molecule has 2 saturated carbocycles. The van der Waals surface area contributed by atoms with Gasteiger partial charge in [0.05, 0.1) is 6.10 Å². The molecule has 3 unspecified atom stereocenters. The van der Waals surface area contributed by atoms with Crippen LogP contribution in [0.2, 0.25) is 0 Å². The molecular weight excluding hydrogens is 250 g/mol. The largest absolute Gasteiger partial charge is 0.378 e. The zero-order valence-corrected chi connectivity index (χ0v) is 12.1. The van der Waals surface area contributed by atoms with Gasteiger partial charge in [-0.3, -0.25) is 0 Å². The molecule has 2 aliphatic carbocycles. The molecular formula is C16H23N3O. The number of nitrogens with one attached hydrogen (secondary N) is 1. The number of nitrogens with zero attached hydrogens (tertiary/aromatic N) is 2. The predicted molar refractivity (Wildman–Crippen MR) is 77.9 cm³/mol. The molecule has 1 aliphatic heterocycles. The highest BCUT2D eigenvalue weighted by Gasteiger charge is 2.37. The smallest absolute Gasteiger partial charge is 0.134 e. The van der Waals surface area contributed by atoms with Gasteiger partial charge in [-0.2, -0.15) is 0 Å². The third-order valence-corrected chi connectivity index (χ3v) is 4.93. The van der Waals surface area contributed by atoms with Crippen LogP contribution < -0.4 is 5.32 Å². The summed E-state index contributed by atoms with van der Waals surface area (Å²) in [4.78, 5) is 9.32. The van der Waals surface area contributed by atoms with Crippen molar-refractivity contribution in [1.29, 1.82) is 0 Å². The number of hydrogen-bond donors (Lipinski definition) is 1. The number of ether oxygens (including phenoxy) is 1. The number of rotatable bonds is 3. The lowest BCUT2D eigenvalue weighted by atomic mass is 9.82. The summed E-state index contributed by atoms with van der Waals surface area (Å²) in [6.45, 7) is 3.00. The highest BCUT2D eigenvalue weighted by atomic mass is 16.5. The van der Waals surface area contributed by atoms with Crippen molar-refractivity contribution in [2.45, 2.75) is 63.5 Å². The highest BCUT2D eigenvalue weighted by molar-refractivity contribution is 5.38. The average Bonchev–Trinajstić information content (AvgIpc) is 3.17. The topological polar surface area (TPSA) is 47.0 Å². The molecule has 3 atom stereocenters. The van der Waals surface area contributed by atoms with Crippen molar-refractivity contribution in [1.82, 2.24) is 9.97 Å². The van der Waals surface area contributed by atoms with Gasteiger partial charge in [0.2, 0.25) is 0 Å². The summed E-state index contributed by atoms with van der Waals surface area (Å²) in [6, 6.07) is 2.61. The van der Waals surface area contributed by atoms with E-state index in [1.165, 1.54) is 38.5 Å². The maximum atomic E-state index is 5.85. The number of aromatic nitrogens is 2. The van der Waals surface area contributed by atoms with E-state index in [4.69, 9.17) is 9.72 Å². The summed E-state index contributed by atoms with van der Waals surface area (Å²) >= 11 is 0. The van der Waals surface area contributed by atoms with E-state index in [0.717, 1.165) is 23.9 Å². The van der Waals surface area contributed by atoms with Crippen LogP contribution in [0.5, 0.6) is 0 Å². The Hall–Kier alpha value is -1.16. The van der Waals surface area contributed by atoms with Crippen LogP contribution in [0.1, 0.15) is 56.0 Å². The first-order valence-electron chi connectivity index (χ1n) is 8.03. The summed E-state index contributed by atoms with van der Waals surface area (Å²) in [7, 11) is 0. The van der Waals surface area contributed by atoms with Gasteiger partial charge in [-0.25, -0.2) is 9.97 Å². The Balaban J connectivity index is 1.52. The zero-order chi connectivity index (χ0) is 13.5. The number of anilines is 1. The second-order valence-electron chi connectivity index (χ2n) is 6.57. The molecule has 4 rings (SSSR count). The molecule has 20 heavy (non-hydrogen) atoms. The lowest BCUT2D eigenvalue weighted by Gasteiger charge is -2.33. The molecule has 3 aliphatic rings. The average molecular weight is 273 g/mol. The molecule has 0 aromatic carbocycles. The molecule has 4 nitrogen and oxygen atoms in total. The first kappa shape index (κ1) is 12.6. The minimum absolute atomic E-state index is 0.479. The summed E-state index contributed by atoms with van der Waals surface area (Å²) in [5, 5.41) is 3.69. The maximum Gasteiger partial charge on any atom is 0.134 e. The van der Waals surface area contributed by atoms with E-state index < -0.39 is 0 Å². The Morgan fingerprint density at radius 1 is 1.15 bits per heavy atom. The van der Waals surface area contributed by atoms with Gasteiger partial charge in [0.1, 0.15) is 11.6 Å². The molecule has 1 saturated heterocycles. The third-order valence-electron chi connectivity index (χ3n) is 4.93. The molecule has 1 aromatic heterocycles. The van der Waals surface area contributed by atoms with Crippen LogP contribution in [0.3, 0.4) is 0 Å². The van der Waals surface area contributed by atoms with Crippen molar-refractivity contribution in [3.05, 3.63) is 17.6 Å². The highest BCUT2D eigenvalue weighted by Crippen LogP contribution is 2.39. The number of hydrogen-bond acceptors (Lipinski definition) is 4. The normalized spacial score (nSPS) is 33.0. The lowest BCUT2D eigenvalue weighted by Crippen LogP contribution is -2.38. The van der Waals surface area contributed by atoms with Gasteiger partial charge < -0.3 is 10.1 Å². The lowest BCUT2D eigenvalue weighted by molar-refractivity contribution is 0.0619. The summed E-state index contributed by atoms with van der Waals surface area (Å²) in [5.41, 5.74) is 1.08. The Morgan fingerprint density at radius 3 is 2.90 bits per heavy atom. The van der Waals surface area contributed by atoms with Gasteiger partial charge in [-0.15, -0.1) is 0 Å². The minimum atomic E-state index is 0.479. The van der Waals surface area contributed by atoms with Crippen molar-refractivity contribution in [2.24, 2.45) is 5.92 Å². The molecule has 0 amide bonds. The van der Waals surface area contributed by atoms with Crippen LogP contribution >= 0.6 is 0 Å². The van der Waals surface area contributed by atoms with E-state index in [9.17, 15) is 0 Å². The van der Waals surface area contributed by atoms with Gasteiger partial charge in [0.25, 0.3) is 0 Å². The van der Waals surface area contributed by atoms with Crippen molar-refractivity contribution in [2.75, 3.05) is 11.9 Å².